The molecule has 0 amide bonds. The fourth-order valence-corrected chi connectivity index (χ4v) is 1.11. The molecule has 0 saturated heterocycles. The van der Waals surface area contributed by atoms with Crippen molar-refractivity contribution in [1.82, 2.24) is 0 Å². The first-order valence-corrected chi connectivity index (χ1v) is 4.82. The topological polar surface area (TPSA) is 0 Å². The molecule has 0 aliphatic carbocycles. The summed E-state index contributed by atoms with van der Waals surface area (Å²) in [6.45, 7) is 1.86. The molecule has 0 nitrogen and oxygen atoms in total. The second-order valence-corrected chi connectivity index (χ2v) is 3.44. The first kappa shape index (κ1) is 14.6. The largest absolute Gasteiger partial charge is 0.456 e. The van der Waals surface area contributed by atoms with Crippen LogP contribution in [0, 0.1) is 0 Å². The summed E-state index contributed by atoms with van der Waals surface area (Å²) in [5, 5.41) is 0. The summed E-state index contributed by atoms with van der Waals surface area (Å²) < 4.78 is 72.3. The van der Waals surface area contributed by atoms with E-state index in [0.717, 1.165) is 6.42 Å². The highest BCUT2D eigenvalue weighted by molar-refractivity contribution is 4.84. The molecule has 0 aromatic heterocycles. The van der Waals surface area contributed by atoms with Crippen LogP contribution < -0.4 is 0 Å². The van der Waals surface area contributed by atoms with Gasteiger partial charge in [-0.15, -0.1) is 0 Å². The molecule has 0 fully saturated rings. The fourth-order valence-electron chi connectivity index (χ4n) is 1.11. The summed E-state index contributed by atoms with van der Waals surface area (Å²) in [6.07, 6.45) is -7.61. The summed E-state index contributed by atoms with van der Waals surface area (Å²) in [5.74, 6) is -5.22. The van der Waals surface area contributed by atoms with Gasteiger partial charge in [-0.25, -0.2) is 4.39 Å². The van der Waals surface area contributed by atoms with Gasteiger partial charge in [0.2, 0.25) is 0 Å². The van der Waals surface area contributed by atoms with Crippen LogP contribution >= 0.6 is 0 Å². The van der Waals surface area contributed by atoms with E-state index in [-0.39, 0.29) is 6.42 Å². The molecule has 0 aromatic carbocycles. The number of unbranched alkanes of at least 4 members (excludes halogenated alkanes) is 3. The van der Waals surface area contributed by atoms with Crippen molar-refractivity contribution in [3.05, 3.63) is 0 Å². The molecule has 0 bridgehead atoms. The van der Waals surface area contributed by atoms with E-state index in [2.05, 4.69) is 0 Å². The van der Waals surface area contributed by atoms with Gasteiger partial charge in [0.05, 0.1) is 0 Å². The van der Waals surface area contributed by atoms with Crippen molar-refractivity contribution in [3.8, 4) is 0 Å². The molecule has 0 aliphatic heterocycles. The van der Waals surface area contributed by atoms with Crippen LogP contribution in [0.15, 0.2) is 0 Å². The van der Waals surface area contributed by atoms with E-state index in [1.165, 1.54) is 0 Å². The van der Waals surface area contributed by atoms with Gasteiger partial charge in [0.25, 0.3) is 0 Å². The van der Waals surface area contributed by atoms with Crippen LogP contribution in [0.5, 0.6) is 0 Å². The van der Waals surface area contributed by atoms with Crippen molar-refractivity contribution in [2.45, 2.75) is 57.3 Å². The zero-order valence-electron chi connectivity index (χ0n) is 8.38. The van der Waals surface area contributed by atoms with Gasteiger partial charge in [-0.05, 0) is 6.42 Å². The van der Waals surface area contributed by atoms with Crippen molar-refractivity contribution >= 4 is 0 Å². The Hall–Kier alpha value is -0.420. The van der Waals surface area contributed by atoms with Gasteiger partial charge in [-0.1, -0.05) is 32.6 Å². The highest BCUT2D eigenvalue weighted by atomic mass is 19.4. The molecule has 0 spiro atoms. The first-order chi connectivity index (χ1) is 6.73. The molecule has 0 heterocycles. The number of hydrogen-bond donors (Lipinski definition) is 0. The van der Waals surface area contributed by atoms with E-state index < -0.39 is 24.7 Å². The molecule has 0 aliphatic rings. The molecular formula is C9H14F6. The summed E-state index contributed by atoms with van der Waals surface area (Å²) >= 11 is 0. The Morgan fingerprint density at radius 3 is 1.87 bits per heavy atom. The Balaban J connectivity index is 4.03. The van der Waals surface area contributed by atoms with Crippen LogP contribution in [0.4, 0.5) is 26.3 Å². The molecule has 0 N–H and O–H groups in total. The normalized spacial score (nSPS) is 15.4. The second-order valence-electron chi connectivity index (χ2n) is 3.44. The molecule has 0 aromatic rings. The van der Waals surface area contributed by atoms with E-state index in [1.54, 1.807) is 0 Å². The van der Waals surface area contributed by atoms with Crippen molar-refractivity contribution in [2.75, 3.05) is 0 Å². The van der Waals surface area contributed by atoms with E-state index >= 15 is 0 Å². The minimum Gasteiger partial charge on any atom is -0.240 e. The Kier molecular flexibility index (Phi) is 5.45. The maximum absolute atomic E-state index is 12.6. The van der Waals surface area contributed by atoms with Crippen molar-refractivity contribution in [3.63, 3.8) is 0 Å². The average molecular weight is 236 g/mol. The summed E-state index contributed by atoms with van der Waals surface area (Å²) in [7, 11) is 0. The number of alkyl halides is 6. The van der Waals surface area contributed by atoms with Crippen molar-refractivity contribution in [1.29, 1.82) is 0 Å². The minimum absolute atomic E-state index is 0.0562. The van der Waals surface area contributed by atoms with Crippen LogP contribution in [0.1, 0.15) is 39.0 Å². The van der Waals surface area contributed by atoms with Gasteiger partial charge >= 0.3 is 12.1 Å². The van der Waals surface area contributed by atoms with Crippen LogP contribution in [0.3, 0.4) is 0 Å². The number of rotatable bonds is 6. The number of halogens is 6. The Morgan fingerprint density at radius 1 is 0.933 bits per heavy atom. The fraction of sp³-hybridized carbons (Fsp3) is 1.00. The molecule has 0 rings (SSSR count). The zero-order valence-corrected chi connectivity index (χ0v) is 8.38. The third-order valence-electron chi connectivity index (χ3n) is 2.08. The summed E-state index contributed by atoms with van der Waals surface area (Å²) in [6, 6.07) is 0. The SMILES string of the molecule is CCCCCCC(F)C(F)(F)C(F)(F)F. The van der Waals surface area contributed by atoms with Crippen LogP contribution in [-0.2, 0) is 0 Å². The lowest BCUT2D eigenvalue weighted by Crippen LogP contribution is -2.44. The van der Waals surface area contributed by atoms with Gasteiger partial charge in [-0.3, -0.25) is 0 Å². The highest BCUT2D eigenvalue weighted by Crippen LogP contribution is 2.40. The maximum atomic E-state index is 12.6. The third-order valence-corrected chi connectivity index (χ3v) is 2.08. The molecule has 92 valence electrons. The van der Waals surface area contributed by atoms with Crippen LogP contribution in [-0.4, -0.2) is 18.3 Å². The van der Waals surface area contributed by atoms with E-state index in [1.807, 2.05) is 6.92 Å². The lowest BCUT2D eigenvalue weighted by atomic mass is 10.1. The Morgan fingerprint density at radius 2 is 1.47 bits per heavy atom. The van der Waals surface area contributed by atoms with Gasteiger partial charge in [0, 0.05) is 0 Å². The monoisotopic (exact) mass is 236 g/mol. The van der Waals surface area contributed by atoms with Gasteiger partial charge < -0.3 is 0 Å². The van der Waals surface area contributed by atoms with Gasteiger partial charge in [0.15, 0.2) is 6.17 Å². The smallest absolute Gasteiger partial charge is 0.240 e. The highest BCUT2D eigenvalue weighted by Gasteiger charge is 2.62. The van der Waals surface area contributed by atoms with Crippen LogP contribution in [0.25, 0.3) is 0 Å². The predicted octanol–water partition coefficient (Wildman–Crippen LogP) is 4.49. The van der Waals surface area contributed by atoms with Crippen LogP contribution in [0.2, 0.25) is 0 Å². The summed E-state index contributed by atoms with van der Waals surface area (Å²) in [4.78, 5) is 0. The molecular weight excluding hydrogens is 222 g/mol. The molecule has 0 saturated carbocycles. The van der Waals surface area contributed by atoms with Gasteiger partial charge in [0.1, 0.15) is 0 Å². The Labute approximate surface area is 84.7 Å². The molecule has 1 atom stereocenters. The van der Waals surface area contributed by atoms with E-state index in [9.17, 15) is 26.3 Å². The Bertz CT molecular complexity index is 174. The minimum atomic E-state index is -5.79. The van der Waals surface area contributed by atoms with E-state index in [0.29, 0.717) is 12.8 Å². The molecule has 15 heavy (non-hydrogen) atoms. The zero-order chi connectivity index (χ0) is 12.1. The molecule has 0 radical (unpaired) electrons. The molecule has 6 heteroatoms. The standard InChI is InChI=1S/C9H14F6/c1-2-3-4-5-6-7(10)8(11,12)9(13,14)15/h7H,2-6H2,1H3. The lowest BCUT2D eigenvalue weighted by Gasteiger charge is -2.22. The second kappa shape index (κ2) is 5.61. The maximum Gasteiger partial charge on any atom is 0.456 e. The van der Waals surface area contributed by atoms with E-state index in [4.69, 9.17) is 0 Å². The quantitative estimate of drug-likeness (QED) is 0.470. The molecule has 1 unspecified atom stereocenters. The third kappa shape index (κ3) is 4.30. The average Bonchev–Trinajstić information content (AvgIpc) is 2.10. The van der Waals surface area contributed by atoms with Gasteiger partial charge in [-0.2, -0.15) is 22.0 Å². The predicted molar refractivity (Wildman–Crippen MR) is 44.7 cm³/mol. The van der Waals surface area contributed by atoms with Crippen molar-refractivity contribution < 1.29 is 26.3 Å². The number of hydrogen-bond acceptors (Lipinski definition) is 0. The summed E-state index contributed by atoms with van der Waals surface area (Å²) in [5.41, 5.74) is 0. The lowest BCUT2D eigenvalue weighted by molar-refractivity contribution is -0.303. The van der Waals surface area contributed by atoms with Crippen molar-refractivity contribution in [2.24, 2.45) is 0 Å². The first-order valence-electron chi connectivity index (χ1n) is 4.82.